The monoisotopic (exact) mass is 301 g/mol. The summed E-state index contributed by atoms with van der Waals surface area (Å²) >= 11 is 0. The van der Waals surface area contributed by atoms with E-state index >= 15 is 0 Å². The molecule has 0 atom stereocenters. The maximum absolute atomic E-state index is 11.7. The standard InChI is InChI=1S/C16H15N3O.ClH/c1-17-12-8-6-11(7-9-12)10-15-13-4-2-3-5-14(13)16(20)19-18-15;/h2-9,17H,10H2,1H3,(H,19,20);1H. The molecule has 2 N–H and O–H groups in total. The third-order valence-corrected chi connectivity index (χ3v) is 3.39. The van der Waals surface area contributed by atoms with Crippen LogP contribution in [0.25, 0.3) is 10.8 Å². The van der Waals surface area contributed by atoms with E-state index in [-0.39, 0.29) is 18.0 Å². The van der Waals surface area contributed by atoms with Gasteiger partial charge in [-0.05, 0) is 23.8 Å². The second kappa shape index (κ2) is 6.41. The maximum atomic E-state index is 11.7. The number of nitrogens with zero attached hydrogens (tertiary/aromatic N) is 1. The Hall–Kier alpha value is -2.33. The summed E-state index contributed by atoms with van der Waals surface area (Å²) in [5.74, 6) is 0. The molecule has 108 valence electrons. The molecule has 0 radical (unpaired) electrons. The molecule has 3 aromatic rings. The van der Waals surface area contributed by atoms with Gasteiger partial charge in [0.25, 0.3) is 5.56 Å². The van der Waals surface area contributed by atoms with Crippen molar-refractivity contribution in [3.8, 4) is 0 Å². The largest absolute Gasteiger partial charge is 0.388 e. The number of halogens is 1. The van der Waals surface area contributed by atoms with Crippen molar-refractivity contribution in [2.45, 2.75) is 6.42 Å². The minimum Gasteiger partial charge on any atom is -0.388 e. The van der Waals surface area contributed by atoms with Crippen molar-refractivity contribution in [2.24, 2.45) is 0 Å². The summed E-state index contributed by atoms with van der Waals surface area (Å²) in [5.41, 5.74) is 2.98. The van der Waals surface area contributed by atoms with Crippen molar-refractivity contribution in [3.63, 3.8) is 0 Å². The summed E-state index contributed by atoms with van der Waals surface area (Å²) in [7, 11) is 1.89. The lowest BCUT2D eigenvalue weighted by Crippen LogP contribution is -2.11. The van der Waals surface area contributed by atoms with Gasteiger partial charge in [-0.25, -0.2) is 5.10 Å². The molecule has 0 spiro atoms. The van der Waals surface area contributed by atoms with Gasteiger partial charge in [0.2, 0.25) is 0 Å². The van der Waals surface area contributed by atoms with Crippen LogP contribution in [0, 0.1) is 0 Å². The van der Waals surface area contributed by atoms with Crippen molar-refractivity contribution >= 4 is 28.9 Å². The molecule has 0 bridgehead atoms. The molecule has 0 unspecified atom stereocenters. The molecule has 0 saturated heterocycles. The molecule has 1 heterocycles. The van der Waals surface area contributed by atoms with E-state index in [0.717, 1.165) is 22.3 Å². The first kappa shape index (κ1) is 15.1. The zero-order chi connectivity index (χ0) is 13.9. The minimum absolute atomic E-state index is 0. The van der Waals surface area contributed by atoms with Crippen molar-refractivity contribution < 1.29 is 0 Å². The van der Waals surface area contributed by atoms with Gasteiger partial charge in [0, 0.05) is 24.5 Å². The van der Waals surface area contributed by atoms with Gasteiger partial charge in [0.15, 0.2) is 0 Å². The summed E-state index contributed by atoms with van der Waals surface area (Å²) in [6.45, 7) is 0. The molecule has 4 nitrogen and oxygen atoms in total. The first-order chi connectivity index (χ1) is 9.78. The maximum Gasteiger partial charge on any atom is 0.272 e. The van der Waals surface area contributed by atoms with Crippen LogP contribution in [-0.2, 0) is 6.42 Å². The Bertz CT molecular complexity index is 796. The number of anilines is 1. The fourth-order valence-corrected chi connectivity index (χ4v) is 2.29. The SMILES string of the molecule is CNc1ccc(Cc2n[nH]c(=O)c3ccccc23)cc1.Cl. The van der Waals surface area contributed by atoms with Gasteiger partial charge in [-0.15, -0.1) is 12.4 Å². The summed E-state index contributed by atoms with van der Waals surface area (Å²) in [5, 5.41) is 11.4. The average Bonchev–Trinajstić information content (AvgIpc) is 2.51. The van der Waals surface area contributed by atoms with E-state index < -0.39 is 0 Å². The molecule has 1 aromatic heterocycles. The van der Waals surface area contributed by atoms with Gasteiger partial charge < -0.3 is 5.32 Å². The zero-order valence-electron chi connectivity index (χ0n) is 11.6. The Balaban J connectivity index is 0.00000161. The summed E-state index contributed by atoms with van der Waals surface area (Å²) in [6.07, 6.45) is 0.696. The number of benzene rings is 2. The number of rotatable bonds is 3. The lowest BCUT2D eigenvalue weighted by Gasteiger charge is -2.06. The number of fused-ring (bicyclic) bond motifs is 1. The minimum atomic E-state index is -0.144. The molecule has 0 fully saturated rings. The zero-order valence-corrected chi connectivity index (χ0v) is 12.4. The molecule has 5 heteroatoms. The number of aromatic amines is 1. The topological polar surface area (TPSA) is 57.8 Å². The van der Waals surface area contributed by atoms with Crippen LogP contribution < -0.4 is 10.9 Å². The van der Waals surface area contributed by atoms with Gasteiger partial charge in [-0.2, -0.15) is 5.10 Å². The van der Waals surface area contributed by atoms with Gasteiger partial charge in [0.05, 0.1) is 11.1 Å². The van der Waals surface area contributed by atoms with E-state index in [1.54, 1.807) is 0 Å². The van der Waals surface area contributed by atoms with Crippen LogP contribution in [0.1, 0.15) is 11.3 Å². The van der Waals surface area contributed by atoms with Crippen molar-refractivity contribution in [2.75, 3.05) is 12.4 Å². The highest BCUT2D eigenvalue weighted by Gasteiger charge is 2.06. The summed E-state index contributed by atoms with van der Waals surface area (Å²) < 4.78 is 0. The Morgan fingerprint density at radius 3 is 2.38 bits per heavy atom. The number of nitrogens with one attached hydrogen (secondary N) is 2. The van der Waals surface area contributed by atoms with Crippen LogP contribution in [0.2, 0.25) is 0 Å². The molecular weight excluding hydrogens is 286 g/mol. The fourth-order valence-electron chi connectivity index (χ4n) is 2.29. The highest BCUT2D eigenvalue weighted by Crippen LogP contribution is 2.17. The lowest BCUT2D eigenvalue weighted by molar-refractivity contribution is 0.934. The Morgan fingerprint density at radius 2 is 1.71 bits per heavy atom. The van der Waals surface area contributed by atoms with E-state index in [1.165, 1.54) is 0 Å². The molecule has 0 saturated carbocycles. The Morgan fingerprint density at radius 1 is 1.05 bits per heavy atom. The Labute approximate surface area is 128 Å². The number of aromatic nitrogens is 2. The van der Waals surface area contributed by atoms with E-state index in [1.807, 2.05) is 43.4 Å². The fraction of sp³-hybridized carbons (Fsp3) is 0.125. The van der Waals surface area contributed by atoms with Crippen LogP contribution in [-0.4, -0.2) is 17.2 Å². The normalized spacial score (nSPS) is 10.1. The van der Waals surface area contributed by atoms with Crippen LogP contribution in [0.5, 0.6) is 0 Å². The second-order valence-corrected chi connectivity index (χ2v) is 4.67. The van der Waals surface area contributed by atoms with Crippen LogP contribution in [0.15, 0.2) is 53.3 Å². The highest BCUT2D eigenvalue weighted by molar-refractivity contribution is 5.85. The third kappa shape index (κ3) is 3.06. The van der Waals surface area contributed by atoms with Crippen LogP contribution in [0.3, 0.4) is 0 Å². The van der Waals surface area contributed by atoms with E-state index in [0.29, 0.717) is 11.8 Å². The molecule has 21 heavy (non-hydrogen) atoms. The number of H-pyrrole nitrogens is 1. The summed E-state index contributed by atoms with van der Waals surface area (Å²) in [6, 6.07) is 15.7. The average molecular weight is 302 g/mol. The van der Waals surface area contributed by atoms with Gasteiger partial charge in [0.1, 0.15) is 0 Å². The van der Waals surface area contributed by atoms with Crippen molar-refractivity contribution in [1.82, 2.24) is 10.2 Å². The van der Waals surface area contributed by atoms with Gasteiger partial charge in [-0.3, -0.25) is 4.79 Å². The van der Waals surface area contributed by atoms with Gasteiger partial charge in [-0.1, -0.05) is 30.3 Å². The highest BCUT2D eigenvalue weighted by atomic mass is 35.5. The Kier molecular flexibility index (Phi) is 4.60. The quantitative estimate of drug-likeness (QED) is 0.782. The number of hydrogen-bond donors (Lipinski definition) is 2. The molecule has 0 aliphatic rings. The third-order valence-electron chi connectivity index (χ3n) is 3.39. The van der Waals surface area contributed by atoms with Crippen molar-refractivity contribution in [1.29, 1.82) is 0 Å². The van der Waals surface area contributed by atoms with Crippen LogP contribution in [0.4, 0.5) is 5.69 Å². The first-order valence-corrected chi connectivity index (χ1v) is 6.51. The molecule has 3 rings (SSSR count). The van der Waals surface area contributed by atoms with Crippen molar-refractivity contribution in [3.05, 3.63) is 70.1 Å². The second-order valence-electron chi connectivity index (χ2n) is 4.67. The molecule has 0 aliphatic heterocycles. The summed E-state index contributed by atoms with van der Waals surface area (Å²) in [4.78, 5) is 11.7. The molecule has 0 aliphatic carbocycles. The first-order valence-electron chi connectivity index (χ1n) is 6.51. The predicted octanol–water partition coefficient (Wildman–Crippen LogP) is 2.98. The lowest BCUT2D eigenvalue weighted by atomic mass is 10.0. The molecule has 2 aromatic carbocycles. The molecular formula is C16H16ClN3O. The molecule has 0 amide bonds. The smallest absolute Gasteiger partial charge is 0.272 e. The van der Waals surface area contributed by atoms with Crippen LogP contribution >= 0.6 is 12.4 Å². The predicted molar refractivity (Wildman–Crippen MR) is 88.4 cm³/mol. The van der Waals surface area contributed by atoms with E-state index in [2.05, 4.69) is 27.6 Å². The van der Waals surface area contributed by atoms with Gasteiger partial charge >= 0.3 is 0 Å². The van der Waals surface area contributed by atoms with E-state index in [4.69, 9.17) is 0 Å². The number of hydrogen-bond acceptors (Lipinski definition) is 3. The van der Waals surface area contributed by atoms with E-state index in [9.17, 15) is 4.79 Å².